The van der Waals surface area contributed by atoms with Crippen LogP contribution in [0.25, 0.3) is 5.65 Å². The Hall–Kier alpha value is -3.47. The molecule has 0 aliphatic carbocycles. The molecule has 1 amide bonds. The first-order valence-electron chi connectivity index (χ1n) is 10.9. The number of amides is 1. The number of carbonyl (C=O) groups is 1. The molecule has 0 saturated carbocycles. The maximum absolute atomic E-state index is 13.8. The number of halogens is 5. The molecular weight excluding hydrogens is 500 g/mol. The number of rotatable bonds is 4. The summed E-state index contributed by atoms with van der Waals surface area (Å²) in [4.78, 5) is 17.3. The molecule has 0 aliphatic heterocycles. The second-order valence-electron chi connectivity index (χ2n) is 9.47. The molecule has 12 heteroatoms. The molecule has 0 saturated heterocycles. The molecule has 0 radical (unpaired) electrons. The van der Waals surface area contributed by atoms with E-state index in [0.29, 0.717) is 27.2 Å². The summed E-state index contributed by atoms with van der Waals surface area (Å²) in [6, 6.07) is 6.18. The molecule has 4 rings (SSSR count). The molecule has 0 atom stereocenters. The van der Waals surface area contributed by atoms with Gasteiger partial charge in [0.2, 0.25) is 0 Å². The number of nitrogens with zero attached hydrogens (tertiary/aromatic N) is 5. The topological polar surface area (TPSA) is 77.1 Å². The number of nitrogens with one attached hydrogen (secondary N) is 1. The fraction of sp³-hybridized carbons (Fsp3) is 0.333. The van der Waals surface area contributed by atoms with Gasteiger partial charge in [-0.05, 0) is 37.6 Å². The van der Waals surface area contributed by atoms with E-state index < -0.39 is 29.0 Å². The van der Waals surface area contributed by atoms with E-state index in [-0.39, 0.29) is 28.6 Å². The zero-order chi connectivity index (χ0) is 26.6. The lowest BCUT2D eigenvalue weighted by Crippen LogP contribution is -2.20. The van der Waals surface area contributed by atoms with Gasteiger partial charge in [0, 0.05) is 16.5 Å². The van der Waals surface area contributed by atoms with Gasteiger partial charge in [-0.25, -0.2) is 13.9 Å². The van der Waals surface area contributed by atoms with Crippen molar-refractivity contribution in [2.24, 2.45) is 0 Å². The van der Waals surface area contributed by atoms with Gasteiger partial charge in [-0.15, -0.1) is 0 Å². The minimum Gasteiger partial charge on any atom is -0.317 e. The van der Waals surface area contributed by atoms with E-state index in [0.717, 1.165) is 6.07 Å². The third kappa shape index (κ3) is 4.92. The highest BCUT2D eigenvalue weighted by Crippen LogP contribution is 2.33. The number of aromatic nitrogens is 5. The van der Waals surface area contributed by atoms with E-state index in [1.807, 2.05) is 0 Å². The zero-order valence-electron chi connectivity index (χ0n) is 20.1. The Morgan fingerprint density at radius 3 is 2.39 bits per heavy atom. The minimum atomic E-state index is -4.70. The summed E-state index contributed by atoms with van der Waals surface area (Å²) in [5.74, 6) is -1.17. The van der Waals surface area contributed by atoms with Crippen LogP contribution in [0.15, 0.2) is 30.3 Å². The SMILES string of the molecule is Cc1nn(Cc2ccc(F)cc2Cl)c(C)c1NC(=O)c1cc2nc(C(C)(C)C)cc(C(F)(F)F)n2n1. The van der Waals surface area contributed by atoms with Gasteiger partial charge in [-0.3, -0.25) is 9.48 Å². The van der Waals surface area contributed by atoms with Gasteiger partial charge in [-0.2, -0.15) is 23.4 Å². The number of anilines is 1. The van der Waals surface area contributed by atoms with Crippen molar-refractivity contribution in [3.05, 3.63) is 75.2 Å². The molecule has 4 aromatic rings. The molecule has 0 fully saturated rings. The second-order valence-corrected chi connectivity index (χ2v) is 9.87. The summed E-state index contributed by atoms with van der Waals surface area (Å²) in [6.45, 7) is 8.86. The highest BCUT2D eigenvalue weighted by Gasteiger charge is 2.36. The van der Waals surface area contributed by atoms with E-state index in [1.165, 1.54) is 18.2 Å². The van der Waals surface area contributed by atoms with Crippen molar-refractivity contribution < 1.29 is 22.4 Å². The van der Waals surface area contributed by atoms with Gasteiger partial charge < -0.3 is 5.32 Å². The van der Waals surface area contributed by atoms with E-state index in [2.05, 4.69) is 20.5 Å². The van der Waals surface area contributed by atoms with E-state index >= 15 is 0 Å². The van der Waals surface area contributed by atoms with Crippen LogP contribution in [0.3, 0.4) is 0 Å². The molecule has 7 nitrogen and oxygen atoms in total. The molecule has 3 heterocycles. The Morgan fingerprint density at radius 1 is 1.08 bits per heavy atom. The Bertz CT molecular complexity index is 1480. The third-order valence-electron chi connectivity index (χ3n) is 5.67. The Balaban J connectivity index is 1.67. The third-order valence-corrected chi connectivity index (χ3v) is 6.03. The first kappa shape index (κ1) is 25.6. The van der Waals surface area contributed by atoms with Crippen LogP contribution in [0.1, 0.15) is 59.6 Å². The van der Waals surface area contributed by atoms with Gasteiger partial charge in [0.25, 0.3) is 5.91 Å². The minimum absolute atomic E-state index is 0.0880. The quantitative estimate of drug-likeness (QED) is 0.336. The largest absolute Gasteiger partial charge is 0.433 e. The molecule has 0 bridgehead atoms. The highest BCUT2D eigenvalue weighted by molar-refractivity contribution is 6.31. The maximum atomic E-state index is 13.8. The van der Waals surface area contributed by atoms with Crippen LogP contribution in [-0.2, 0) is 18.1 Å². The van der Waals surface area contributed by atoms with Crippen molar-refractivity contribution in [3.63, 3.8) is 0 Å². The van der Waals surface area contributed by atoms with Crippen molar-refractivity contribution in [2.75, 3.05) is 5.32 Å². The molecule has 1 aromatic carbocycles. The van der Waals surface area contributed by atoms with E-state index in [9.17, 15) is 22.4 Å². The number of fused-ring (bicyclic) bond motifs is 1. The molecular formula is C24H23ClF4N6O. The molecule has 0 unspecified atom stereocenters. The molecule has 36 heavy (non-hydrogen) atoms. The predicted octanol–water partition coefficient (Wildman–Crippen LogP) is 5.95. The lowest BCUT2D eigenvalue weighted by atomic mass is 9.91. The van der Waals surface area contributed by atoms with Crippen LogP contribution >= 0.6 is 11.6 Å². The van der Waals surface area contributed by atoms with E-state index in [1.54, 1.807) is 45.4 Å². The average molecular weight is 523 g/mol. The Kier molecular flexibility index (Phi) is 6.32. The number of alkyl halides is 3. The summed E-state index contributed by atoms with van der Waals surface area (Å²) in [6.07, 6.45) is -4.70. The van der Waals surface area contributed by atoms with Gasteiger partial charge in [-0.1, -0.05) is 38.4 Å². The van der Waals surface area contributed by atoms with Gasteiger partial charge in [0.1, 0.15) is 11.5 Å². The van der Waals surface area contributed by atoms with Gasteiger partial charge in [0.05, 0.1) is 29.3 Å². The average Bonchev–Trinajstić information content (AvgIpc) is 3.30. The monoisotopic (exact) mass is 522 g/mol. The van der Waals surface area contributed by atoms with Gasteiger partial charge in [0.15, 0.2) is 11.3 Å². The lowest BCUT2D eigenvalue weighted by molar-refractivity contribution is -0.142. The smallest absolute Gasteiger partial charge is 0.317 e. The first-order chi connectivity index (χ1) is 16.6. The molecule has 0 aliphatic rings. The number of hydrogen-bond donors (Lipinski definition) is 1. The van der Waals surface area contributed by atoms with Crippen LogP contribution in [-0.4, -0.2) is 30.3 Å². The standard InChI is InChI=1S/C24H23ClF4N6O/c1-12-21(13(2)34(32-12)11-14-6-7-15(26)8-16(14)25)31-22(36)17-9-20-30-18(23(3,4)5)10-19(24(27,28)29)35(20)33-17/h6-10H,11H2,1-5H3,(H,31,36). The molecule has 1 N–H and O–H groups in total. The molecule has 190 valence electrons. The van der Waals surface area contributed by atoms with Crippen molar-refractivity contribution >= 4 is 28.8 Å². The summed E-state index contributed by atoms with van der Waals surface area (Å²) >= 11 is 6.12. The summed E-state index contributed by atoms with van der Waals surface area (Å²) in [5, 5.41) is 11.2. The normalized spacial score (nSPS) is 12.4. The fourth-order valence-electron chi connectivity index (χ4n) is 3.69. The van der Waals surface area contributed by atoms with Crippen molar-refractivity contribution in [1.29, 1.82) is 0 Å². The summed E-state index contributed by atoms with van der Waals surface area (Å²) < 4.78 is 56.8. The van der Waals surface area contributed by atoms with Gasteiger partial charge >= 0.3 is 6.18 Å². The number of hydrogen-bond acceptors (Lipinski definition) is 4. The van der Waals surface area contributed by atoms with Crippen molar-refractivity contribution in [1.82, 2.24) is 24.4 Å². The van der Waals surface area contributed by atoms with Crippen molar-refractivity contribution in [3.8, 4) is 0 Å². The number of benzene rings is 1. The van der Waals surface area contributed by atoms with Crippen molar-refractivity contribution in [2.45, 2.75) is 52.8 Å². The highest BCUT2D eigenvalue weighted by atomic mass is 35.5. The zero-order valence-corrected chi connectivity index (χ0v) is 20.9. The second kappa shape index (κ2) is 8.88. The molecule has 0 spiro atoms. The number of carbonyl (C=O) groups excluding carboxylic acids is 1. The van der Waals surface area contributed by atoms with Crippen LogP contribution in [0, 0.1) is 19.7 Å². The first-order valence-corrected chi connectivity index (χ1v) is 11.3. The van der Waals surface area contributed by atoms with Crippen LogP contribution < -0.4 is 5.32 Å². The predicted molar refractivity (Wildman–Crippen MR) is 127 cm³/mol. The maximum Gasteiger partial charge on any atom is 0.433 e. The Labute approximate surface area is 209 Å². The molecule has 3 aromatic heterocycles. The van der Waals surface area contributed by atoms with Crippen LogP contribution in [0.4, 0.5) is 23.2 Å². The Morgan fingerprint density at radius 2 is 1.78 bits per heavy atom. The fourth-order valence-corrected chi connectivity index (χ4v) is 3.92. The lowest BCUT2D eigenvalue weighted by Gasteiger charge is -2.19. The van der Waals surface area contributed by atoms with Crippen LogP contribution in [0.2, 0.25) is 5.02 Å². The summed E-state index contributed by atoms with van der Waals surface area (Å²) in [7, 11) is 0. The number of aryl methyl sites for hydroxylation is 1. The van der Waals surface area contributed by atoms with E-state index in [4.69, 9.17) is 11.6 Å². The summed E-state index contributed by atoms with van der Waals surface area (Å²) in [5.41, 5.74) is 0.305. The van der Waals surface area contributed by atoms with Crippen LogP contribution in [0.5, 0.6) is 0 Å².